The van der Waals surface area contributed by atoms with Gasteiger partial charge in [0.1, 0.15) is 0 Å². The average Bonchev–Trinajstić information content (AvgIpc) is 4.07. The van der Waals surface area contributed by atoms with Crippen molar-refractivity contribution in [2.24, 2.45) is 0 Å². The molecule has 0 radical (unpaired) electrons. The van der Waals surface area contributed by atoms with Crippen molar-refractivity contribution >= 4 is 91.2 Å². The predicted octanol–water partition coefficient (Wildman–Crippen LogP) is 13.4. The number of nitrogens with zero attached hydrogens (tertiary/aromatic N) is 7. The van der Waals surface area contributed by atoms with Crippen LogP contribution in [0.4, 0.5) is 0 Å². The lowest BCUT2D eigenvalue weighted by atomic mass is 10.1. The molecule has 9 heteroatoms. The largest absolute Gasteiger partial charge is 0.278 e. The Kier molecular flexibility index (Phi) is 7.42. The molecule has 13 aromatic rings. The second kappa shape index (κ2) is 13.2. The number of aromatic nitrogens is 7. The molecule has 13 rings (SSSR count). The Labute approximate surface area is 354 Å². The Morgan fingerprint density at radius 3 is 1.57 bits per heavy atom. The lowest BCUT2D eigenvalue weighted by molar-refractivity contribution is 0.797. The number of fused-ring (bicyclic) bond motifs is 11. The third kappa shape index (κ3) is 4.93. The molecule has 5 heterocycles. The van der Waals surface area contributed by atoms with Crippen LogP contribution in [0.1, 0.15) is 0 Å². The molecule has 0 unspecified atom stereocenters. The van der Waals surface area contributed by atoms with Crippen molar-refractivity contribution in [2.75, 3.05) is 0 Å². The molecule has 0 aliphatic rings. The summed E-state index contributed by atoms with van der Waals surface area (Å²) in [6.45, 7) is 0. The highest BCUT2D eigenvalue weighted by Gasteiger charge is 2.38. The maximum Gasteiger partial charge on any atom is 0.242 e. The highest BCUT2D eigenvalue weighted by atomic mass is 32.3. The fraction of sp³-hybridized carbons (Fsp3) is 0. The molecule has 0 bridgehead atoms. The summed E-state index contributed by atoms with van der Waals surface area (Å²) in [5.41, 5.74) is 5.94. The first-order valence-corrected chi connectivity index (χ1v) is 22.7. The van der Waals surface area contributed by atoms with Crippen LogP contribution in [0.5, 0.6) is 0 Å². The van der Waals surface area contributed by atoms with Gasteiger partial charge in [0.05, 0.1) is 33.1 Å². The zero-order valence-electron chi connectivity index (χ0n) is 32.5. The first kappa shape index (κ1) is 34.3. The van der Waals surface area contributed by atoms with Gasteiger partial charge in [-0.15, -0.1) is 11.3 Å². The summed E-state index contributed by atoms with van der Waals surface area (Å²) in [4.78, 5) is 25.7. The van der Waals surface area contributed by atoms with Crippen LogP contribution >= 0.6 is 21.4 Å². The fourth-order valence-corrected chi connectivity index (χ4v) is 13.9. The van der Waals surface area contributed by atoms with Gasteiger partial charge in [-0.05, 0) is 84.9 Å². The van der Waals surface area contributed by atoms with E-state index < -0.39 is 10.0 Å². The van der Waals surface area contributed by atoms with Gasteiger partial charge in [-0.3, -0.25) is 8.97 Å². The van der Waals surface area contributed by atoms with E-state index in [0.29, 0.717) is 17.1 Å². The third-order valence-corrected chi connectivity index (χ3v) is 16.6. The molecule has 0 spiro atoms. The molecule has 288 valence electrons. The van der Waals surface area contributed by atoms with Gasteiger partial charge in [0, 0.05) is 45.6 Å². The van der Waals surface area contributed by atoms with Crippen molar-refractivity contribution < 1.29 is 0 Å². The van der Waals surface area contributed by atoms with Crippen molar-refractivity contribution in [3.8, 4) is 11.9 Å². The number of imidazole rings is 2. The molecule has 5 aromatic heterocycles. The molecule has 0 N–H and O–H groups in total. The van der Waals surface area contributed by atoms with Crippen LogP contribution in [0.25, 0.3) is 81.7 Å². The molecule has 0 saturated carbocycles. The SMILES string of the molecule is c1ccc(S(c2ccccc2)(c2ccc3sc4ccccc4c3c2)c2nc(-n3c4ccccc4c4ccccc43)nc(-n3c4ccccc4n4c5ccccc5nc34)n2)cc1. The highest BCUT2D eigenvalue weighted by Crippen LogP contribution is 2.72. The summed E-state index contributed by atoms with van der Waals surface area (Å²) in [5, 5.41) is 5.41. The zero-order chi connectivity index (χ0) is 40.1. The zero-order valence-corrected chi connectivity index (χ0v) is 34.1. The summed E-state index contributed by atoms with van der Waals surface area (Å²) in [6.07, 6.45) is 0. The van der Waals surface area contributed by atoms with Gasteiger partial charge in [0.2, 0.25) is 17.7 Å². The molecule has 8 aromatic carbocycles. The van der Waals surface area contributed by atoms with Crippen LogP contribution in [0.3, 0.4) is 0 Å². The monoisotopic (exact) mass is 819 g/mol. The van der Waals surface area contributed by atoms with Gasteiger partial charge in [-0.25, -0.2) is 9.55 Å². The van der Waals surface area contributed by atoms with Gasteiger partial charge < -0.3 is 0 Å². The third-order valence-electron chi connectivity index (χ3n) is 11.8. The lowest BCUT2D eigenvalue weighted by Crippen LogP contribution is -2.16. The van der Waals surface area contributed by atoms with E-state index in [9.17, 15) is 0 Å². The summed E-state index contributed by atoms with van der Waals surface area (Å²) >= 11 is 1.83. The van der Waals surface area contributed by atoms with Gasteiger partial charge >= 0.3 is 0 Å². The van der Waals surface area contributed by atoms with E-state index in [1.165, 1.54) is 20.2 Å². The van der Waals surface area contributed by atoms with Crippen molar-refractivity contribution in [3.05, 3.63) is 200 Å². The maximum absolute atomic E-state index is 5.76. The number of thiophene rings is 1. The molecule has 0 saturated heterocycles. The molecule has 7 nitrogen and oxygen atoms in total. The Bertz CT molecular complexity index is 3750. The van der Waals surface area contributed by atoms with Crippen molar-refractivity contribution in [3.63, 3.8) is 0 Å². The summed E-state index contributed by atoms with van der Waals surface area (Å²) in [6, 6.07) is 71.1. The van der Waals surface area contributed by atoms with Gasteiger partial charge in [0.15, 0.2) is 5.16 Å². The van der Waals surface area contributed by atoms with Crippen LogP contribution < -0.4 is 0 Å². The quantitative estimate of drug-likeness (QED) is 0.168. The number of benzene rings is 8. The molecule has 0 fully saturated rings. The topological polar surface area (TPSA) is 65.8 Å². The Hall–Kier alpha value is -7.59. The van der Waals surface area contributed by atoms with Crippen LogP contribution in [0, 0.1) is 0 Å². The van der Waals surface area contributed by atoms with Crippen molar-refractivity contribution in [1.29, 1.82) is 0 Å². The average molecular weight is 820 g/mol. The Balaban J connectivity index is 1.23. The lowest BCUT2D eigenvalue weighted by Gasteiger charge is -2.39. The van der Waals surface area contributed by atoms with Gasteiger partial charge in [-0.1, -0.05) is 125 Å². The van der Waals surface area contributed by atoms with Crippen molar-refractivity contribution in [2.45, 2.75) is 19.8 Å². The number of rotatable bonds is 6. The molecular weight excluding hydrogens is 787 g/mol. The van der Waals surface area contributed by atoms with Gasteiger partial charge in [0.25, 0.3) is 0 Å². The van der Waals surface area contributed by atoms with E-state index in [1.54, 1.807) is 0 Å². The highest BCUT2D eigenvalue weighted by molar-refractivity contribution is 8.33. The Morgan fingerprint density at radius 1 is 0.361 bits per heavy atom. The Morgan fingerprint density at radius 2 is 0.885 bits per heavy atom. The number of hydrogen-bond acceptors (Lipinski definition) is 5. The van der Waals surface area contributed by atoms with E-state index >= 15 is 0 Å². The van der Waals surface area contributed by atoms with E-state index in [1.807, 2.05) is 17.4 Å². The minimum Gasteiger partial charge on any atom is -0.278 e. The van der Waals surface area contributed by atoms with Crippen LogP contribution in [-0.4, -0.2) is 33.5 Å². The minimum atomic E-state index is -2.43. The molecule has 0 amide bonds. The first-order valence-electron chi connectivity index (χ1n) is 20.2. The summed E-state index contributed by atoms with van der Waals surface area (Å²) in [5.74, 6) is 1.77. The standard InChI is InChI=1S/C52H33N7S2/c1-3-17-34(18-4-1)61(35-19-5-2-6-20-35,36-31-32-48-40(33-36)39-23-9-16-30-47(39)60-48)51-55-49(57-42-25-11-7-21-37(42)38-22-8-12-26-43(38)57)54-50(56-51)59-46-29-15-14-28-45(46)58-44-27-13-10-24-41(44)53-52(58)59/h1-33H. The number of hydrogen-bond donors (Lipinski definition) is 0. The van der Waals surface area contributed by atoms with E-state index in [4.69, 9.17) is 19.9 Å². The van der Waals surface area contributed by atoms with E-state index in [2.05, 4.69) is 208 Å². The van der Waals surface area contributed by atoms with Crippen molar-refractivity contribution in [1.82, 2.24) is 33.5 Å². The predicted molar refractivity (Wildman–Crippen MR) is 250 cm³/mol. The van der Waals surface area contributed by atoms with Gasteiger partial charge in [-0.2, -0.15) is 15.0 Å². The minimum absolute atomic E-state index is 0.495. The smallest absolute Gasteiger partial charge is 0.242 e. The molecule has 0 atom stereocenters. The number of para-hydroxylation sites is 6. The van der Waals surface area contributed by atoms with E-state index in [-0.39, 0.29) is 0 Å². The second-order valence-electron chi connectivity index (χ2n) is 15.1. The van der Waals surface area contributed by atoms with Crippen LogP contribution in [0.2, 0.25) is 0 Å². The molecule has 61 heavy (non-hydrogen) atoms. The van der Waals surface area contributed by atoms with E-state index in [0.717, 1.165) is 64.3 Å². The first-order chi connectivity index (χ1) is 30.3. The summed E-state index contributed by atoms with van der Waals surface area (Å²) in [7, 11) is -2.43. The summed E-state index contributed by atoms with van der Waals surface area (Å²) < 4.78 is 9.06. The normalized spacial score (nSPS) is 12.5. The molecule has 0 aliphatic carbocycles. The second-order valence-corrected chi connectivity index (χ2v) is 19.2. The maximum atomic E-state index is 5.76. The fourth-order valence-electron chi connectivity index (χ4n) is 9.23. The molecular formula is C52H33N7S2. The van der Waals surface area contributed by atoms with Crippen LogP contribution in [-0.2, 0) is 0 Å². The van der Waals surface area contributed by atoms with Crippen LogP contribution in [0.15, 0.2) is 220 Å². The molecule has 0 aliphatic heterocycles.